The second-order valence-electron chi connectivity index (χ2n) is 3.79. The summed E-state index contributed by atoms with van der Waals surface area (Å²) in [5.41, 5.74) is 1.03. The van der Waals surface area contributed by atoms with Crippen LogP contribution in [0.25, 0.3) is 0 Å². The fourth-order valence-electron chi connectivity index (χ4n) is 1.50. The van der Waals surface area contributed by atoms with Gasteiger partial charge in [0.2, 0.25) is 0 Å². The highest BCUT2D eigenvalue weighted by Crippen LogP contribution is 2.25. The van der Waals surface area contributed by atoms with Crippen molar-refractivity contribution in [3.05, 3.63) is 29.8 Å². The van der Waals surface area contributed by atoms with Gasteiger partial charge in [0.15, 0.2) is 0 Å². The SMILES string of the molecule is CCOC(=O)Sc1ccccc1CCC(=O)CC. The summed E-state index contributed by atoms with van der Waals surface area (Å²) in [5.74, 6) is 0.242. The van der Waals surface area contributed by atoms with Gasteiger partial charge in [-0.05, 0) is 36.7 Å². The zero-order valence-electron chi connectivity index (χ0n) is 10.8. The van der Waals surface area contributed by atoms with Gasteiger partial charge in [0.25, 0.3) is 0 Å². The quantitative estimate of drug-likeness (QED) is 0.579. The minimum atomic E-state index is -0.299. The molecule has 3 nitrogen and oxygen atoms in total. The monoisotopic (exact) mass is 266 g/mol. The third-order valence-electron chi connectivity index (χ3n) is 2.50. The van der Waals surface area contributed by atoms with Gasteiger partial charge in [-0.15, -0.1) is 0 Å². The number of benzene rings is 1. The van der Waals surface area contributed by atoms with Crippen molar-refractivity contribution < 1.29 is 14.3 Å². The molecule has 0 heterocycles. The Morgan fingerprint density at radius 2 is 1.94 bits per heavy atom. The summed E-state index contributed by atoms with van der Waals surface area (Å²) < 4.78 is 4.90. The smallest absolute Gasteiger partial charge is 0.372 e. The van der Waals surface area contributed by atoms with Crippen molar-refractivity contribution >= 4 is 22.8 Å². The molecular weight excluding hydrogens is 248 g/mol. The molecule has 98 valence electrons. The van der Waals surface area contributed by atoms with Crippen LogP contribution >= 0.6 is 11.8 Å². The Labute approximate surface area is 112 Å². The number of hydrogen-bond donors (Lipinski definition) is 0. The summed E-state index contributed by atoms with van der Waals surface area (Å²) in [5, 5.41) is -0.299. The van der Waals surface area contributed by atoms with E-state index in [1.165, 1.54) is 0 Å². The van der Waals surface area contributed by atoms with Gasteiger partial charge < -0.3 is 4.74 Å². The van der Waals surface area contributed by atoms with E-state index >= 15 is 0 Å². The lowest BCUT2D eigenvalue weighted by atomic mass is 10.1. The summed E-state index contributed by atoms with van der Waals surface area (Å²) in [4.78, 5) is 23.6. The number of thioether (sulfide) groups is 1. The van der Waals surface area contributed by atoms with Gasteiger partial charge in [0, 0.05) is 17.7 Å². The Hall–Kier alpha value is -1.29. The maximum absolute atomic E-state index is 11.4. The predicted octanol–water partition coefficient (Wildman–Crippen LogP) is 3.85. The zero-order chi connectivity index (χ0) is 13.4. The lowest BCUT2D eigenvalue weighted by Crippen LogP contribution is -2.01. The minimum Gasteiger partial charge on any atom is -0.458 e. The average molecular weight is 266 g/mol. The normalized spacial score (nSPS) is 10.1. The first-order valence-electron chi connectivity index (χ1n) is 6.11. The molecule has 0 amide bonds. The van der Waals surface area contributed by atoms with Gasteiger partial charge in [0.1, 0.15) is 5.78 Å². The van der Waals surface area contributed by atoms with Gasteiger partial charge in [-0.25, -0.2) is 4.79 Å². The van der Waals surface area contributed by atoms with E-state index in [0.717, 1.165) is 22.2 Å². The van der Waals surface area contributed by atoms with Crippen LogP contribution in [0.3, 0.4) is 0 Å². The molecule has 0 saturated carbocycles. The van der Waals surface area contributed by atoms with Crippen molar-refractivity contribution in [2.24, 2.45) is 0 Å². The van der Waals surface area contributed by atoms with E-state index in [9.17, 15) is 9.59 Å². The van der Waals surface area contributed by atoms with E-state index in [2.05, 4.69) is 0 Å². The van der Waals surface area contributed by atoms with E-state index in [0.29, 0.717) is 25.9 Å². The van der Waals surface area contributed by atoms with Gasteiger partial charge in [-0.1, -0.05) is 25.1 Å². The minimum absolute atomic E-state index is 0.242. The third kappa shape index (κ3) is 4.92. The topological polar surface area (TPSA) is 43.4 Å². The van der Waals surface area contributed by atoms with Crippen molar-refractivity contribution in [1.82, 2.24) is 0 Å². The molecule has 1 rings (SSSR count). The molecule has 0 N–H and O–H groups in total. The summed E-state index contributed by atoms with van der Waals surface area (Å²) >= 11 is 1.08. The van der Waals surface area contributed by atoms with Gasteiger partial charge in [-0.3, -0.25) is 4.79 Å². The number of ketones is 1. The second-order valence-corrected chi connectivity index (χ2v) is 4.76. The highest BCUT2D eigenvalue weighted by Gasteiger charge is 2.10. The maximum atomic E-state index is 11.4. The van der Waals surface area contributed by atoms with E-state index < -0.39 is 0 Å². The Bertz CT molecular complexity index is 415. The average Bonchev–Trinajstić information content (AvgIpc) is 2.37. The summed E-state index contributed by atoms with van der Waals surface area (Å²) in [6.07, 6.45) is 1.76. The third-order valence-corrected chi connectivity index (χ3v) is 3.40. The first-order valence-corrected chi connectivity index (χ1v) is 6.93. The molecule has 0 aliphatic carbocycles. The van der Waals surface area contributed by atoms with E-state index in [1.807, 2.05) is 31.2 Å². The molecule has 0 radical (unpaired) electrons. The van der Waals surface area contributed by atoms with Crippen molar-refractivity contribution in [3.63, 3.8) is 0 Å². The molecule has 0 unspecified atom stereocenters. The molecule has 0 aliphatic heterocycles. The summed E-state index contributed by atoms with van der Waals surface area (Å²) in [6.45, 7) is 4.02. The molecule has 18 heavy (non-hydrogen) atoms. The molecule has 0 saturated heterocycles. The number of hydrogen-bond acceptors (Lipinski definition) is 4. The molecule has 0 spiro atoms. The molecule has 0 aliphatic rings. The van der Waals surface area contributed by atoms with Crippen molar-refractivity contribution in [2.45, 2.75) is 38.0 Å². The second kappa shape index (κ2) is 7.93. The Kier molecular flexibility index (Phi) is 6.50. The predicted molar refractivity (Wildman–Crippen MR) is 72.9 cm³/mol. The van der Waals surface area contributed by atoms with Crippen LogP contribution in [-0.2, 0) is 16.0 Å². The van der Waals surface area contributed by atoms with Crippen LogP contribution in [0, 0.1) is 0 Å². The largest absolute Gasteiger partial charge is 0.458 e. The number of rotatable bonds is 6. The van der Waals surface area contributed by atoms with Crippen LogP contribution in [0.5, 0.6) is 0 Å². The highest BCUT2D eigenvalue weighted by molar-refractivity contribution is 8.13. The molecule has 1 aromatic carbocycles. The van der Waals surface area contributed by atoms with E-state index in [4.69, 9.17) is 4.74 Å². The standard InChI is InChI=1S/C14H18O3S/c1-3-12(15)10-9-11-7-5-6-8-13(11)18-14(16)17-4-2/h5-8H,3-4,9-10H2,1-2H3. The van der Waals surface area contributed by atoms with Crippen LogP contribution in [0.15, 0.2) is 29.2 Å². The number of ether oxygens (including phenoxy) is 1. The Balaban J connectivity index is 2.67. The molecule has 0 bridgehead atoms. The van der Waals surface area contributed by atoms with Crippen LogP contribution < -0.4 is 0 Å². The number of Topliss-reactive ketones (excluding diaryl/α,β-unsaturated/α-hetero) is 1. The van der Waals surface area contributed by atoms with Crippen LogP contribution in [0.2, 0.25) is 0 Å². The number of aryl methyl sites for hydroxylation is 1. The van der Waals surface area contributed by atoms with Crippen LogP contribution in [-0.4, -0.2) is 17.7 Å². The summed E-state index contributed by atoms with van der Waals surface area (Å²) in [6, 6.07) is 7.63. The van der Waals surface area contributed by atoms with Gasteiger partial charge >= 0.3 is 5.30 Å². The van der Waals surface area contributed by atoms with Gasteiger partial charge in [0.05, 0.1) is 6.61 Å². The summed E-state index contributed by atoms with van der Waals surface area (Å²) in [7, 11) is 0. The van der Waals surface area contributed by atoms with E-state index in [1.54, 1.807) is 6.92 Å². The van der Waals surface area contributed by atoms with Crippen molar-refractivity contribution in [2.75, 3.05) is 6.61 Å². The van der Waals surface area contributed by atoms with E-state index in [-0.39, 0.29) is 11.1 Å². The molecule has 0 atom stereocenters. The number of carbonyl (C=O) groups excluding carboxylic acids is 2. The lowest BCUT2D eigenvalue weighted by Gasteiger charge is -2.07. The molecule has 1 aromatic rings. The molecular formula is C14H18O3S. The first-order chi connectivity index (χ1) is 8.67. The van der Waals surface area contributed by atoms with Crippen molar-refractivity contribution in [3.8, 4) is 0 Å². The fraction of sp³-hybridized carbons (Fsp3) is 0.429. The Morgan fingerprint density at radius 3 is 2.61 bits per heavy atom. The number of carbonyl (C=O) groups is 2. The van der Waals surface area contributed by atoms with Crippen molar-refractivity contribution in [1.29, 1.82) is 0 Å². The van der Waals surface area contributed by atoms with Gasteiger partial charge in [-0.2, -0.15) is 0 Å². The van der Waals surface area contributed by atoms with Crippen LogP contribution in [0.1, 0.15) is 32.3 Å². The van der Waals surface area contributed by atoms with Crippen LogP contribution in [0.4, 0.5) is 4.79 Å². The first kappa shape index (κ1) is 14.8. The highest BCUT2D eigenvalue weighted by atomic mass is 32.2. The molecule has 0 aromatic heterocycles. The fourth-order valence-corrected chi connectivity index (χ4v) is 2.30. The maximum Gasteiger partial charge on any atom is 0.372 e. The Morgan fingerprint density at radius 1 is 1.22 bits per heavy atom. The zero-order valence-corrected chi connectivity index (χ0v) is 11.6. The molecule has 0 fully saturated rings. The lowest BCUT2D eigenvalue weighted by molar-refractivity contribution is -0.118. The molecule has 4 heteroatoms.